The largest absolute Gasteiger partial charge is 0.491 e. The molecule has 2 N–H and O–H groups in total. The molecule has 0 bridgehead atoms. The van der Waals surface area contributed by atoms with Gasteiger partial charge in [-0.2, -0.15) is 0 Å². The summed E-state index contributed by atoms with van der Waals surface area (Å²) in [6.45, 7) is 3.53. The Morgan fingerprint density at radius 1 is 1.48 bits per heavy atom. The van der Waals surface area contributed by atoms with Crippen LogP contribution in [0.4, 0.5) is 4.39 Å². The molecule has 5 nitrogen and oxygen atoms in total. The van der Waals surface area contributed by atoms with E-state index in [1.54, 1.807) is 13.8 Å². The van der Waals surface area contributed by atoms with E-state index in [9.17, 15) is 17.9 Å². The van der Waals surface area contributed by atoms with Crippen LogP contribution < -0.4 is 9.46 Å². The minimum atomic E-state index is -3.86. The van der Waals surface area contributed by atoms with Gasteiger partial charge in [-0.1, -0.05) is 0 Å². The monoisotopic (exact) mass is 317 g/mol. The van der Waals surface area contributed by atoms with Crippen LogP contribution in [-0.2, 0) is 10.0 Å². The number of halogens is 1. The summed E-state index contributed by atoms with van der Waals surface area (Å²) in [4.78, 5) is -0.185. The normalized spacial score (nSPS) is 18.3. The Kier molecular flexibility index (Phi) is 4.55. The van der Waals surface area contributed by atoms with Crippen LogP contribution in [0.2, 0.25) is 0 Å². The molecule has 0 heterocycles. The van der Waals surface area contributed by atoms with Crippen LogP contribution in [0.3, 0.4) is 0 Å². The molecular weight excluding hydrogens is 297 g/mol. The smallest absolute Gasteiger partial charge is 0.240 e. The third-order valence-electron chi connectivity index (χ3n) is 3.59. The van der Waals surface area contributed by atoms with Crippen molar-refractivity contribution in [2.45, 2.75) is 37.2 Å². The van der Waals surface area contributed by atoms with Crippen molar-refractivity contribution < 1.29 is 22.7 Å². The van der Waals surface area contributed by atoms with E-state index in [1.807, 2.05) is 0 Å². The zero-order valence-corrected chi connectivity index (χ0v) is 12.9. The molecule has 1 aliphatic rings. The lowest BCUT2D eigenvalue weighted by Gasteiger charge is -2.23. The van der Waals surface area contributed by atoms with Crippen molar-refractivity contribution in [2.24, 2.45) is 5.92 Å². The summed E-state index contributed by atoms with van der Waals surface area (Å²) < 4.78 is 45.3. The van der Waals surface area contributed by atoms with Crippen LogP contribution in [0, 0.1) is 11.7 Å². The Bertz CT molecular complexity index is 611. The molecular formula is C14H20FNO4S. The highest BCUT2D eigenvalue weighted by atomic mass is 32.2. The minimum Gasteiger partial charge on any atom is -0.491 e. The first-order valence-corrected chi connectivity index (χ1v) is 8.39. The fraction of sp³-hybridized carbons (Fsp3) is 0.571. The molecule has 0 saturated heterocycles. The molecule has 1 saturated carbocycles. The summed E-state index contributed by atoms with van der Waals surface area (Å²) in [6, 6.07) is 3.48. The maximum absolute atomic E-state index is 13.7. The Morgan fingerprint density at radius 2 is 2.14 bits per heavy atom. The maximum Gasteiger partial charge on any atom is 0.240 e. The van der Waals surface area contributed by atoms with E-state index >= 15 is 0 Å². The van der Waals surface area contributed by atoms with Gasteiger partial charge in [-0.3, -0.25) is 0 Å². The molecule has 0 spiro atoms. The van der Waals surface area contributed by atoms with Gasteiger partial charge in [0.25, 0.3) is 0 Å². The highest BCUT2D eigenvalue weighted by molar-refractivity contribution is 7.89. The third-order valence-corrected chi connectivity index (χ3v) is 4.99. The van der Waals surface area contributed by atoms with Gasteiger partial charge in [0.2, 0.25) is 10.0 Å². The van der Waals surface area contributed by atoms with Gasteiger partial charge in [-0.25, -0.2) is 17.5 Å². The lowest BCUT2D eigenvalue weighted by Crippen LogP contribution is -2.42. The summed E-state index contributed by atoms with van der Waals surface area (Å²) in [5, 5.41) is 10.1. The molecule has 0 aromatic heterocycles. The quantitative estimate of drug-likeness (QED) is 0.802. The predicted octanol–water partition coefficient (Wildman–Crippen LogP) is 1.66. The number of nitrogens with one attached hydrogen (secondary N) is 1. The molecule has 7 heteroatoms. The number of hydrogen-bond acceptors (Lipinski definition) is 4. The number of sulfonamides is 1. The first kappa shape index (κ1) is 16.2. The maximum atomic E-state index is 13.7. The molecule has 0 radical (unpaired) electrons. The Balaban J connectivity index is 2.10. The van der Waals surface area contributed by atoms with E-state index in [0.29, 0.717) is 6.61 Å². The number of hydrogen-bond donors (Lipinski definition) is 2. The van der Waals surface area contributed by atoms with E-state index < -0.39 is 21.4 Å². The van der Waals surface area contributed by atoms with E-state index in [1.165, 1.54) is 12.1 Å². The van der Waals surface area contributed by atoms with Crippen molar-refractivity contribution in [3.05, 3.63) is 24.0 Å². The van der Waals surface area contributed by atoms with E-state index in [0.717, 1.165) is 18.9 Å². The first-order valence-electron chi connectivity index (χ1n) is 6.90. The van der Waals surface area contributed by atoms with Gasteiger partial charge in [0.1, 0.15) is 0 Å². The summed E-state index contributed by atoms with van der Waals surface area (Å²) in [7, 11) is -3.86. The fourth-order valence-electron chi connectivity index (χ4n) is 2.10. The van der Waals surface area contributed by atoms with Crippen LogP contribution in [0.1, 0.15) is 26.7 Å². The van der Waals surface area contributed by atoms with Crippen LogP contribution in [0.5, 0.6) is 5.75 Å². The van der Waals surface area contributed by atoms with Crippen LogP contribution >= 0.6 is 0 Å². The van der Waals surface area contributed by atoms with E-state index in [-0.39, 0.29) is 23.1 Å². The summed E-state index contributed by atoms with van der Waals surface area (Å²) in [5.74, 6) is -0.590. The second kappa shape index (κ2) is 5.90. The lowest BCUT2D eigenvalue weighted by molar-refractivity contribution is 0.0422. The van der Waals surface area contributed by atoms with E-state index in [4.69, 9.17) is 4.74 Å². The number of ether oxygens (including phenoxy) is 1. The van der Waals surface area contributed by atoms with Gasteiger partial charge in [-0.15, -0.1) is 0 Å². The average Bonchev–Trinajstić information content (AvgIpc) is 3.24. The molecule has 0 amide bonds. The average molecular weight is 317 g/mol. The number of aliphatic hydroxyl groups is 1. The van der Waals surface area contributed by atoms with Crippen molar-refractivity contribution in [1.82, 2.24) is 4.72 Å². The Labute approximate surface area is 124 Å². The molecule has 21 heavy (non-hydrogen) atoms. The van der Waals surface area contributed by atoms with Crippen molar-refractivity contribution in [3.8, 4) is 5.75 Å². The first-order chi connectivity index (χ1) is 9.76. The highest BCUT2D eigenvalue weighted by Gasteiger charge is 2.40. The highest BCUT2D eigenvalue weighted by Crippen LogP contribution is 2.39. The topological polar surface area (TPSA) is 75.6 Å². The van der Waals surface area contributed by atoms with Gasteiger partial charge >= 0.3 is 0 Å². The number of rotatable bonds is 7. The molecule has 0 aliphatic heterocycles. The minimum absolute atomic E-state index is 0.0152. The predicted molar refractivity (Wildman–Crippen MR) is 76.1 cm³/mol. The van der Waals surface area contributed by atoms with Crippen LogP contribution in [-0.4, -0.2) is 32.3 Å². The van der Waals surface area contributed by atoms with Gasteiger partial charge < -0.3 is 9.84 Å². The molecule has 1 atom stereocenters. The Morgan fingerprint density at radius 3 is 2.67 bits per heavy atom. The molecule has 118 valence electrons. The van der Waals surface area contributed by atoms with Gasteiger partial charge in [0.05, 0.1) is 17.1 Å². The van der Waals surface area contributed by atoms with E-state index in [2.05, 4.69) is 4.72 Å². The van der Waals surface area contributed by atoms with Crippen LogP contribution in [0.25, 0.3) is 0 Å². The fourth-order valence-corrected chi connectivity index (χ4v) is 3.25. The summed E-state index contributed by atoms with van der Waals surface area (Å²) in [6.07, 6.45) is 1.79. The SMILES string of the molecule is CCOc1ccc(S(=O)(=O)NCC(C)(O)C2CC2)cc1F. The molecule has 1 aromatic carbocycles. The van der Waals surface area contributed by atoms with Crippen molar-refractivity contribution in [2.75, 3.05) is 13.2 Å². The molecule has 1 aromatic rings. The van der Waals surface area contributed by atoms with Crippen molar-refractivity contribution in [3.63, 3.8) is 0 Å². The van der Waals surface area contributed by atoms with Gasteiger partial charge in [-0.05, 0) is 50.8 Å². The van der Waals surface area contributed by atoms with Gasteiger partial charge in [0.15, 0.2) is 11.6 Å². The molecule has 1 fully saturated rings. The molecule has 2 rings (SSSR count). The molecule has 1 aliphatic carbocycles. The number of benzene rings is 1. The lowest BCUT2D eigenvalue weighted by atomic mass is 10.0. The summed E-state index contributed by atoms with van der Waals surface area (Å²) in [5.41, 5.74) is -1.07. The molecule has 1 unspecified atom stereocenters. The second-order valence-corrected chi connectivity index (χ2v) is 7.25. The summed E-state index contributed by atoms with van der Waals surface area (Å²) >= 11 is 0. The van der Waals surface area contributed by atoms with Gasteiger partial charge in [0, 0.05) is 6.54 Å². The standard InChI is InChI=1S/C14H20FNO4S/c1-3-20-13-7-6-11(8-12(13)15)21(18,19)16-9-14(2,17)10-4-5-10/h6-8,10,16-17H,3-5,9H2,1-2H3. The van der Waals surface area contributed by atoms with Crippen LogP contribution in [0.15, 0.2) is 23.1 Å². The Hall–Kier alpha value is -1.18. The second-order valence-electron chi connectivity index (χ2n) is 5.48. The third kappa shape index (κ3) is 3.93. The zero-order chi connectivity index (χ0) is 15.7. The van der Waals surface area contributed by atoms with Crippen molar-refractivity contribution >= 4 is 10.0 Å². The van der Waals surface area contributed by atoms with Crippen molar-refractivity contribution in [1.29, 1.82) is 0 Å². The zero-order valence-electron chi connectivity index (χ0n) is 12.1.